The van der Waals surface area contributed by atoms with E-state index in [0.717, 1.165) is 37.5 Å². The van der Waals surface area contributed by atoms with Gasteiger partial charge in [-0.05, 0) is 24.5 Å². The maximum absolute atomic E-state index is 13.5. The average Bonchev–Trinajstić information content (AvgIpc) is 2.80. The predicted octanol–water partition coefficient (Wildman–Crippen LogP) is 2.20. The van der Waals surface area contributed by atoms with E-state index in [2.05, 4.69) is 5.32 Å². The summed E-state index contributed by atoms with van der Waals surface area (Å²) >= 11 is 0. The molecule has 13 heteroatoms. The summed E-state index contributed by atoms with van der Waals surface area (Å²) in [6.45, 7) is -1.83. The number of rotatable bonds is 7. The zero-order valence-corrected chi connectivity index (χ0v) is 18.9. The molecule has 0 saturated heterocycles. The van der Waals surface area contributed by atoms with Crippen LogP contribution in [0.3, 0.4) is 0 Å². The van der Waals surface area contributed by atoms with E-state index in [1.54, 1.807) is 0 Å². The molecule has 0 unspecified atom stereocenters. The molecule has 1 saturated carbocycles. The minimum atomic E-state index is -4.81. The molecule has 3 rings (SSSR count). The molecular formula is C23H24F3N3O7. The Morgan fingerprint density at radius 3 is 2.25 bits per heavy atom. The van der Waals surface area contributed by atoms with E-state index in [0.29, 0.717) is 17.4 Å². The number of carboxylic acids is 1. The van der Waals surface area contributed by atoms with Gasteiger partial charge in [0.2, 0.25) is 5.88 Å². The summed E-state index contributed by atoms with van der Waals surface area (Å²) in [5, 5.41) is 34.6. The molecule has 5 N–H and O–H groups in total. The largest absolute Gasteiger partial charge is 0.506 e. The third-order valence-corrected chi connectivity index (χ3v) is 5.86. The second-order valence-electron chi connectivity index (χ2n) is 8.35. The number of halogens is 3. The number of carboxylic acid groups (broad SMARTS) is 1. The summed E-state index contributed by atoms with van der Waals surface area (Å²) in [6, 6.07) is 3.87. The molecule has 1 fully saturated rings. The molecule has 1 aromatic carbocycles. The Bertz CT molecular complexity index is 1230. The van der Waals surface area contributed by atoms with E-state index in [-0.39, 0.29) is 6.04 Å². The van der Waals surface area contributed by atoms with Crippen LogP contribution in [0.25, 0.3) is 0 Å². The molecule has 0 radical (unpaired) electrons. The number of benzene rings is 1. The molecule has 0 aliphatic heterocycles. The lowest BCUT2D eigenvalue weighted by molar-refractivity contribution is -0.138. The number of pyridine rings is 1. The SMILES string of the molecule is O=C(O)CNC(=O)c1c(O)c(C(=O)NC2CCCCC2)c(=O)n(Cc2ccccc2C(F)(F)F)c1O. The van der Waals surface area contributed by atoms with E-state index in [1.807, 2.05) is 5.32 Å². The number of nitrogens with zero attached hydrogens (tertiary/aromatic N) is 1. The predicted molar refractivity (Wildman–Crippen MR) is 119 cm³/mol. The van der Waals surface area contributed by atoms with Crippen LogP contribution in [0.1, 0.15) is 63.9 Å². The van der Waals surface area contributed by atoms with Crippen LogP contribution >= 0.6 is 0 Å². The van der Waals surface area contributed by atoms with Crippen molar-refractivity contribution < 1.29 is 42.9 Å². The van der Waals surface area contributed by atoms with Crippen molar-refractivity contribution in [1.29, 1.82) is 0 Å². The van der Waals surface area contributed by atoms with Crippen LogP contribution in [0.5, 0.6) is 11.6 Å². The summed E-state index contributed by atoms with van der Waals surface area (Å²) in [4.78, 5) is 49.5. The first kappa shape index (κ1) is 26.6. The Balaban J connectivity index is 2.15. The van der Waals surface area contributed by atoms with Gasteiger partial charge in [-0.25, -0.2) is 0 Å². The van der Waals surface area contributed by atoms with Crippen molar-refractivity contribution in [3.8, 4) is 11.6 Å². The first-order chi connectivity index (χ1) is 16.9. The second-order valence-corrected chi connectivity index (χ2v) is 8.35. The fraction of sp³-hybridized carbons (Fsp3) is 0.391. The summed E-state index contributed by atoms with van der Waals surface area (Å²) in [6.07, 6.45) is -1.03. The second kappa shape index (κ2) is 10.7. The van der Waals surface area contributed by atoms with Crippen molar-refractivity contribution >= 4 is 17.8 Å². The molecule has 1 aliphatic carbocycles. The van der Waals surface area contributed by atoms with E-state index in [4.69, 9.17) is 5.11 Å². The Hall–Kier alpha value is -4.03. The minimum Gasteiger partial charge on any atom is -0.506 e. The molecule has 0 bridgehead atoms. The first-order valence-corrected chi connectivity index (χ1v) is 11.1. The van der Waals surface area contributed by atoms with Gasteiger partial charge in [0.15, 0.2) is 5.75 Å². The minimum absolute atomic E-state index is 0.331. The average molecular weight is 511 g/mol. The fourth-order valence-corrected chi connectivity index (χ4v) is 4.11. The van der Waals surface area contributed by atoms with Gasteiger partial charge in [-0.2, -0.15) is 13.2 Å². The van der Waals surface area contributed by atoms with Gasteiger partial charge in [-0.15, -0.1) is 0 Å². The maximum atomic E-state index is 13.5. The van der Waals surface area contributed by atoms with Gasteiger partial charge in [-0.3, -0.25) is 23.7 Å². The van der Waals surface area contributed by atoms with Gasteiger partial charge >= 0.3 is 12.1 Å². The van der Waals surface area contributed by atoms with Gasteiger partial charge in [-0.1, -0.05) is 37.5 Å². The van der Waals surface area contributed by atoms with Crippen molar-refractivity contribution in [3.63, 3.8) is 0 Å². The highest BCUT2D eigenvalue weighted by atomic mass is 19.4. The molecule has 2 amide bonds. The van der Waals surface area contributed by atoms with Crippen LogP contribution in [0.15, 0.2) is 29.1 Å². The number of aliphatic carboxylic acids is 1. The highest BCUT2D eigenvalue weighted by molar-refractivity contribution is 6.05. The van der Waals surface area contributed by atoms with Gasteiger partial charge < -0.3 is 26.0 Å². The lowest BCUT2D eigenvalue weighted by Gasteiger charge is -2.23. The molecule has 1 heterocycles. The molecule has 194 valence electrons. The van der Waals surface area contributed by atoms with E-state index >= 15 is 0 Å². The molecular weight excluding hydrogens is 487 g/mol. The molecule has 2 aromatic rings. The topological polar surface area (TPSA) is 158 Å². The summed E-state index contributed by atoms with van der Waals surface area (Å²) in [5.41, 5.74) is -4.87. The number of alkyl halides is 3. The quantitative estimate of drug-likeness (QED) is 0.381. The molecule has 36 heavy (non-hydrogen) atoms. The zero-order chi connectivity index (χ0) is 26.6. The van der Waals surface area contributed by atoms with Crippen LogP contribution in [-0.2, 0) is 17.5 Å². The number of amides is 2. The van der Waals surface area contributed by atoms with Gasteiger partial charge in [0.1, 0.15) is 17.7 Å². The number of hydrogen-bond acceptors (Lipinski definition) is 6. The number of aromatic hydroxyl groups is 2. The van der Waals surface area contributed by atoms with E-state index < -0.39 is 76.5 Å². The molecule has 1 aliphatic rings. The zero-order valence-electron chi connectivity index (χ0n) is 18.9. The monoisotopic (exact) mass is 511 g/mol. The molecule has 10 nitrogen and oxygen atoms in total. The highest BCUT2D eigenvalue weighted by Crippen LogP contribution is 2.34. The Labute approximate surface area is 202 Å². The Morgan fingerprint density at radius 1 is 1.00 bits per heavy atom. The van der Waals surface area contributed by atoms with Crippen LogP contribution < -0.4 is 16.2 Å². The van der Waals surface area contributed by atoms with E-state index in [9.17, 15) is 42.6 Å². The number of hydrogen-bond donors (Lipinski definition) is 5. The lowest BCUT2D eigenvalue weighted by atomic mass is 9.95. The third kappa shape index (κ3) is 5.78. The first-order valence-electron chi connectivity index (χ1n) is 11.1. The number of carbonyl (C=O) groups excluding carboxylic acids is 2. The molecule has 0 spiro atoms. The standard InChI is InChI=1S/C23H24F3N3O7/c24-23(25,26)14-9-5-4-6-12(14)11-29-21(35)16(19(33)27-10-15(30)31)18(32)17(22(29)36)20(34)28-13-7-2-1-3-8-13/h4-6,9,13,32,35H,1-3,7-8,10-11H2,(H,27,33)(H,28,34)(H,30,31). The number of carbonyl (C=O) groups is 3. The normalized spacial score (nSPS) is 14.3. The van der Waals surface area contributed by atoms with Crippen molar-refractivity contribution in [2.75, 3.05) is 6.54 Å². The Kier molecular flexibility index (Phi) is 7.90. The molecule has 1 aromatic heterocycles. The smallest absolute Gasteiger partial charge is 0.416 e. The van der Waals surface area contributed by atoms with Crippen molar-refractivity contribution in [2.24, 2.45) is 0 Å². The third-order valence-electron chi connectivity index (χ3n) is 5.86. The Morgan fingerprint density at radius 2 is 1.64 bits per heavy atom. The maximum Gasteiger partial charge on any atom is 0.416 e. The number of aromatic nitrogens is 1. The van der Waals surface area contributed by atoms with Crippen molar-refractivity contribution in [1.82, 2.24) is 15.2 Å². The van der Waals surface area contributed by atoms with Crippen molar-refractivity contribution in [2.45, 2.75) is 50.9 Å². The van der Waals surface area contributed by atoms with Gasteiger partial charge in [0.05, 0.1) is 12.1 Å². The van der Waals surface area contributed by atoms with E-state index in [1.165, 1.54) is 6.07 Å². The summed E-state index contributed by atoms with van der Waals surface area (Å²) in [5.74, 6) is -6.34. The van der Waals surface area contributed by atoms with Gasteiger partial charge in [0, 0.05) is 6.04 Å². The summed E-state index contributed by atoms with van der Waals surface area (Å²) in [7, 11) is 0. The van der Waals surface area contributed by atoms with Crippen LogP contribution in [0.2, 0.25) is 0 Å². The van der Waals surface area contributed by atoms with Crippen LogP contribution in [0, 0.1) is 0 Å². The lowest BCUT2D eigenvalue weighted by Crippen LogP contribution is -2.41. The number of nitrogens with one attached hydrogen (secondary N) is 2. The van der Waals surface area contributed by atoms with Crippen molar-refractivity contribution in [3.05, 3.63) is 56.9 Å². The highest BCUT2D eigenvalue weighted by Gasteiger charge is 2.35. The van der Waals surface area contributed by atoms with Crippen LogP contribution in [-0.4, -0.2) is 50.3 Å². The fourth-order valence-electron chi connectivity index (χ4n) is 4.11. The van der Waals surface area contributed by atoms with Gasteiger partial charge in [0.25, 0.3) is 17.4 Å². The summed E-state index contributed by atoms with van der Waals surface area (Å²) < 4.78 is 40.8. The molecule has 0 atom stereocenters. The van der Waals surface area contributed by atoms with Crippen LogP contribution in [0.4, 0.5) is 13.2 Å².